The molecule has 0 saturated heterocycles. The van der Waals surface area contributed by atoms with Crippen LogP contribution in [0.1, 0.15) is 101 Å². The van der Waals surface area contributed by atoms with Gasteiger partial charge < -0.3 is 12.2 Å². The second kappa shape index (κ2) is 11.0. The minimum atomic E-state index is -0.183. The minimum absolute atomic E-state index is 0. The molecule has 2 N–H and O–H groups in total. The smallest absolute Gasteiger partial charge is 0.0919 e. The predicted molar refractivity (Wildman–Crippen MR) is 132 cm³/mol. The van der Waals surface area contributed by atoms with Gasteiger partial charge in [0.25, 0.3) is 0 Å². The first-order valence-corrected chi connectivity index (χ1v) is 11.9. The quantitative estimate of drug-likeness (QED) is 0.242. The summed E-state index contributed by atoms with van der Waals surface area (Å²) in [4.78, 5) is 0. The van der Waals surface area contributed by atoms with E-state index in [9.17, 15) is 5.26 Å². The maximum Gasteiger partial charge on any atom is 0.0919 e. The molecular formula is C28H49N2Y-. The van der Waals surface area contributed by atoms with Gasteiger partial charge in [0.15, 0.2) is 0 Å². The standard InChI is InChI=1S/C25H39N2.C2H6.CH4.Y/c1-8-12-22(5)19-10-13-23(6)20(21(19)17(3)15-24(22,7)27)11-14-25(23,9-2)18(4)16-26;1-2;;/h9,19-21H,3-4,8,10-15,27H2,1-2,5-7H3;1-2H3;1H4;/q-1;;;. The molecule has 7 atom stereocenters. The van der Waals surface area contributed by atoms with Crippen LogP contribution in [0.25, 0.3) is 0 Å². The van der Waals surface area contributed by atoms with Crippen molar-refractivity contribution in [2.45, 2.75) is 106 Å². The molecule has 175 valence electrons. The Balaban J connectivity index is 0.00000219. The van der Waals surface area contributed by atoms with E-state index in [0.29, 0.717) is 17.8 Å². The molecule has 3 rings (SSSR count). The average molecular weight is 503 g/mol. The van der Waals surface area contributed by atoms with Crippen molar-refractivity contribution in [3.8, 4) is 6.07 Å². The SMILES string of the molecule is C.C=C1CC(C)(N)C(C)(CCC)C2CCC3(C)C(CCC3([CH-]C)C(=C)C#N)C12.CC.[Y]. The second-order valence-electron chi connectivity index (χ2n) is 10.5. The van der Waals surface area contributed by atoms with Gasteiger partial charge in [-0.05, 0) is 66.8 Å². The third-order valence-corrected chi connectivity index (χ3v) is 9.65. The molecule has 3 aliphatic carbocycles. The summed E-state index contributed by atoms with van der Waals surface area (Å²) in [5, 5.41) is 9.70. The van der Waals surface area contributed by atoms with Gasteiger partial charge in [-0.2, -0.15) is 12.2 Å². The molecule has 0 aliphatic heterocycles. The van der Waals surface area contributed by atoms with Crippen LogP contribution in [-0.4, -0.2) is 5.54 Å². The summed E-state index contributed by atoms with van der Waals surface area (Å²) in [6.45, 7) is 24.3. The summed E-state index contributed by atoms with van der Waals surface area (Å²) >= 11 is 0. The fourth-order valence-electron chi connectivity index (χ4n) is 7.95. The normalized spacial score (nSPS) is 43.1. The molecule has 0 aromatic rings. The molecule has 7 unspecified atom stereocenters. The first kappa shape index (κ1) is 31.0. The fourth-order valence-corrected chi connectivity index (χ4v) is 7.95. The molecule has 3 saturated carbocycles. The van der Waals surface area contributed by atoms with Gasteiger partial charge in [-0.25, -0.2) is 0 Å². The Labute approximate surface area is 219 Å². The van der Waals surface area contributed by atoms with Crippen LogP contribution in [0.2, 0.25) is 0 Å². The zero-order valence-electron chi connectivity index (χ0n) is 20.8. The number of hydrogen-bond donors (Lipinski definition) is 1. The summed E-state index contributed by atoms with van der Waals surface area (Å²) in [5.41, 5.74) is 8.99. The van der Waals surface area contributed by atoms with E-state index in [1.807, 2.05) is 13.8 Å². The Morgan fingerprint density at radius 2 is 1.74 bits per heavy atom. The monoisotopic (exact) mass is 502 g/mol. The third kappa shape index (κ3) is 4.31. The van der Waals surface area contributed by atoms with E-state index in [2.05, 4.69) is 60.3 Å². The van der Waals surface area contributed by atoms with Crippen molar-refractivity contribution in [3.63, 3.8) is 0 Å². The number of hydrogen-bond acceptors (Lipinski definition) is 2. The average Bonchev–Trinajstić information content (AvgIpc) is 3.00. The summed E-state index contributed by atoms with van der Waals surface area (Å²) in [6.07, 6.45) is 10.2. The van der Waals surface area contributed by atoms with Crippen molar-refractivity contribution in [1.29, 1.82) is 5.26 Å². The van der Waals surface area contributed by atoms with Crippen molar-refractivity contribution in [2.24, 2.45) is 39.7 Å². The van der Waals surface area contributed by atoms with Crippen LogP contribution in [0.4, 0.5) is 0 Å². The zero-order chi connectivity index (χ0) is 22.3. The van der Waals surface area contributed by atoms with Crippen LogP contribution in [0.5, 0.6) is 0 Å². The molecule has 1 radical (unpaired) electrons. The summed E-state index contributed by atoms with van der Waals surface area (Å²) < 4.78 is 0. The van der Waals surface area contributed by atoms with Gasteiger partial charge in [-0.15, -0.1) is 5.41 Å². The van der Waals surface area contributed by atoms with Gasteiger partial charge in [-0.3, -0.25) is 0 Å². The zero-order valence-corrected chi connectivity index (χ0v) is 23.6. The molecule has 2 nitrogen and oxygen atoms in total. The molecule has 0 heterocycles. The molecule has 31 heavy (non-hydrogen) atoms. The molecular weight excluding hydrogens is 453 g/mol. The minimum Gasteiger partial charge on any atom is -0.325 e. The maximum absolute atomic E-state index is 9.70. The van der Waals surface area contributed by atoms with E-state index in [1.54, 1.807) is 0 Å². The fraction of sp³-hybridized carbons (Fsp3) is 0.786. The third-order valence-electron chi connectivity index (χ3n) is 9.65. The van der Waals surface area contributed by atoms with Crippen LogP contribution in [-0.2, 0) is 32.7 Å². The number of rotatable bonds is 4. The molecule has 0 spiro atoms. The Kier molecular flexibility index (Phi) is 11.0. The first-order chi connectivity index (χ1) is 13.5. The molecule has 0 amide bonds. The van der Waals surface area contributed by atoms with E-state index in [4.69, 9.17) is 5.73 Å². The Bertz CT molecular complexity index is 690. The number of nitrogens with zero attached hydrogens (tertiary/aromatic N) is 1. The maximum atomic E-state index is 9.70. The van der Waals surface area contributed by atoms with Crippen molar-refractivity contribution in [3.05, 3.63) is 30.7 Å². The van der Waals surface area contributed by atoms with Crippen LogP contribution < -0.4 is 5.73 Å². The molecule has 0 bridgehead atoms. The van der Waals surface area contributed by atoms with Crippen LogP contribution in [0.3, 0.4) is 0 Å². The van der Waals surface area contributed by atoms with Gasteiger partial charge in [0.2, 0.25) is 0 Å². The molecule has 0 aromatic heterocycles. The van der Waals surface area contributed by atoms with E-state index in [-0.39, 0.29) is 61.9 Å². The van der Waals surface area contributed by atoms with Gasteiger partial charge in [-0.1, -0.05) is 80.0 Å². The van der Waals surface area contributed by atoms with Gasteiger partial charge in [0, 0.05) is 38.2 Å². The predicted octanol–water partition coefficient (Wildman–Crippen LogP) is 7.86. The van der Waals surface area contributed by atoms with Crippen molar-refractivity contribution in [2.75, 3.05) is 0 Å². The topological polar surface area (TPSA) is 49.8 Å². The Morgan fingerprint density at radius 3 is 2.23 bits per heavy atom. The van der Waals surface area contributed by atoms with Gasteiger partial charge >= 0.3 is 0 Å². The number of fused-ring (bicyclic) bond motifs is 3. The van der Waals surface area contributed by atoms with E-state index in [1.165, 1.54) is 31.3 Å². The van der Waals surface area contributed by atoms with Gasteiger partial charge in [0.1, 0.15) is 0 Å². The second-order valence-corrected chi connectivity index (χ2v) is 10.5. The molecule has 0 aromatic carbocycles. The number of nitrogens with two attached hydrogens (primary N) is 1. The molecule has 3 fully saturated rings. The van der Waals surface area contributed by atoms with Crippen molar-refractivity contribution >= 4 is 0 Å². The first-order valence-electron chi connectivity index (χ1n) is 11.9. The summed E-state index contributed by atoms with van der Waals surface area (Å²) in [5.74, 6) is 1.72. The number of allylic oxidation sites excluding steroid dienone is 1. The van der Waals surface area contributed by atoms with Crippen molar-refractivity contribution < 1.29 is 32.7 Å². The van der Waals surface area contributed by atoms with Crippen molar-refractivity contribution in [1.82, 2.24) is 0 Å². The van der Waals surface area contributed by atoms with Crippen LogP contribution in [0, 0.1) is 51.8 Å². The van der Waals surface area contributed by atoms with Crippen LogP contribution in [0.15, 0.2) is 24.3 Å². The van der Waals surface area contributed by atoms with E-state index >= 15 is 0 Å². The van der Waals surface area contributed by atoms with E-state index < -0.39 is 0 Å². The van der Waals surface area contributed by atoms with Crippen LogP contribution >= 0.6 is 0 Å². The molecule has 3 heteroatoms. The molecule has 3 aliphatic rings. The summed E-state index contributed by atoms with van der Waals surface area (Å²) in [6, 6.07) is 2.42. The van der Waals surface area contributed by atoms with Gasteiger partial charge in [0.05, 0.1) is 6.07 Å². The number of nitriles is 1. The van der Waals surface area contributed by atoms with E-state index in [0.717, 1.165) is 24.8 Å². The summed E-state index contributed by atoms with van der Waals surface area (Å²) in [7, 11) is 0. The largest absolute Gasteiger partial charge is 0.325 e. The Hall–Kier alpha value is 0.0339. The Morgan fingerprint density at radius 1 is 1.19 bits per heavy atom.